The summed E-state index contributed by atoms with van der Waals surface area (Å²) in [6.45, 7) is 16.9. The zero-order valence-electron chi connectivity index (χ0n) is 34.6. The summed E-state index contributed by atoms with van der Waals surface area (Å²) in [5.74, 6) is 0. The van der Waals surface area contributed by atoms with Gasteiger partial charge in [0, 0.05) is 25.7 Å². The Morgan fingerprint density at radius 1 is 0.320 bits per heavy atom. The third kappa shape index (κ3) is 42.1. The van der Waals surface area contributed by atoms with E-state index in [2.05, 4.69) is 27.7 Å². The lowest BCUT2D eigenvalue weighted by molar-refractivity contribution is -0.433. The van der Waals surface area contributed by atoms with E-state index in [1.54, 1.807) is 0 Å². The third-order valence-electron chi connectivity index (χ3n) is 8.59. The highest BCUT2D eigenvalue weighted by Crippen LogP contribution is 2.17. The molecule has 2 N–H and O–H groups in total. The summed E-state index contributed by atoms with van der Waals surface area (Å²) >= 11 is 0. The van der Waals surface area contributed by atoms with Crippen LogP contribution >= 0.6 is 0 Å². The van der Waals surface area contributed by atoms with Crippen LogP contribution in [0.1, 0.15) is 235 Å². The fraction of sp³-hybridized carbons (Fsp3) is 1.00. The second-order valence-corrected chi connectivity index (χ2v) is 14.7. The standard InChI is InChI=1S/2C21H44O4/c2*1-5-7-9-11-13-15-17-20(22)24-25-21(23-19(3)4)18-16-14-12-10-8-6-2/h2*19-22H,5-18H2,1-4H3. The van der Waals surface area contributed by atoms with Crippen LogP contribution in [0.5, 0.6) is 0 Å². The molecule has 0 saturated carbocycles. The summed E-state index contributed by atoms with van der Waals surface area (Å²) in [6.07, 6.45) is 29.8. The predicted octanol–water partition coefficient (Wildman–Crippen LogP) is 13.0. The number of hydrogen-bond acceptors (Lipinski definition) is 8. The average Bonchev–Trinajstić information content (AvgIpc) is 3.08. The van der Waals surface area contributed by atoms with Crippen LogP contribution in [0, 0.1) is 0 Å². The first-order valence-corrected chi connectivity index (χ1v) is 21.5. The molecule has 0 saturated heterocycles. The molecule has 4 unspecified atom stereocenters. The quantitative estimate of drug-likeness (QED) is 0.0282. The Labute approximate surface area is 311 Å². The Kier molecular flexibility index (Phi) is 42.9. The van der Waals surface area contributed by atoms with Crippen molar-refractivity contribution in [2.75, 3.05) is 0 Å². The van der Waals surface area contributed by atoms with Crippen LogP contribution in [0.25, 0.3) is 0 Å². The molecule has 8 nitrogen and oxygen atoms in total. The van der Waals surface area contributed by atoms with Gasteiger partial charge in [-0.25, -0.2) is 19.6 Å². The van der Waals surface area contributed by atoms with Crippen LogP contribution in [-0.2, 0) is 29.0 Å². The Morgan fingerprint density at radius 2 is 0.560 bits per heavy atom. The SMILES string of the molecule is CCCCCCCCC(O)OOC(CCCCCCCC)OC(C)C.CCCCCCCCC(O)OOC(CCCCCCCC)OC(C)C. The monoisotopic (exact) mass is 721 g/mol. The first kappa shape index (κ1) is 51.8. The Hall–Kier alpha value is -0.320. The molecule has 0 aromatic rings. The molecule has 0 heterocycles. The molecule has 0 aliphatic carbocycles. The maximum atomic E-state index is 9.90. The lowest BCUT2D eigenvalue weighted by Gasteiger charge is -2.21. The smallest absolute Gasteiger partial charge is 0.191 e. The van der Waals surface area contributed by atoms with Crippen LogP contribution < -0.4 is 0 Å². The lowest BCUT2D eigenvalue weighted by atomic mass is 10.1. The largest absolute Gasteiger partial charge is 0.366 e. The summed E-state index contributed by atoms with van der Waals surface area (Å²) < 4.78 is 11.5. The van der Waals surface area contributed by atoms with Crippen LogP contribution in [0.3, 0.4) is 0 Å². The van der Waals surface area contributed by atoms with Gasteiger partial charge < -0.3 is 19.7 Å². The van der Waals surface area contributed by atoms with E-state index in [9.17, 15) is 10.2 Å². The second-order valence-electron chi connectivity index (χ2n) is 14.7. The maximum Gasteiger partial charge on any atom is 0.191 e. The minimum absolute atomic E-state index is 0.0874. The molecule has 4 atom stereocenters. The van der Waals surface area contributed by atoms with Crippen molar-refractivity contribution in [3.05, 3.63) is 0 Å². The van der Waals surface area contributed by atoms with Gasteiger partial charge in [0.05, 0.1) is 12.2 Å². The van der Waals surface area contributed by atoms with Crippen molar-refractivity contribution in [1.29, 1.82) is 0 Å². The molecule has 0 aromatic carbocycles. The number of hydrogen-bond donors (Lipinski definition) is 2. The molecule has 304 valence electrons. The van der Waals surface area contributed by atoms with Crippen LogP contribution in [0.2, 0.25) is 0 Å². The average molecular weight is 721 g/mol. The molecular formula is C42H88O8. The Morgan fingerprint density at radius 3 is 0.820 bits per heavy atom. The topological polar surface area (TPSA) is 95.8 Å². The molecule has 0 aliphatic heterocycles. The van der Waals surface area contributed by atoms with Crippen LogP contribution in [0.15, 0.2) is 0 Å². The number of ether oxygens (including phenoxy) is 2. The van der Waals surface area contributed by atoms with Crippen molar-refractivity contribution in [1.82, 2.24) is 0 Å². The normalized spacial score (nSPS) is 14.2. The molecule has 0 rings (SSSR count). The van der Waals surface area contributed by atoms with Gasteiger partial charge in [0.1, 0.15) is 0 Å². The minimum Gasteiger partial charge on any atom is -0.366 e. The van der Waals surface area contributed by atoms with E-state index in [-0.39, 0.29) is 24.8 Å². The van der Waals surface area contributed by atoms with Gasteiger partial charge in [-0.1, -0.05) is 156 Å². The first-order valence-electron chi connectivity index (χ1n) is 21.5. The van der Waals surface area contributed by atoms with Crippen molar-refractivity contribution in [3.63, 3.8) is 0 Å². The molecule has 0 aliphatic rings. The fourth-order valence-corrected chi connectivity index (χ4v) is 5.61. The van der Waals surface area contributed by atoms with Crippen LogP contribution in [0.4, 0.5) is 0 Å². The number of aliphatic hydroxyl groups is 2. The summed E-state index contributed by atoms with van der Waals surface area (Å²) in [4.78, 5) is 21.0. The molecule has 0 amide bonds. The van der Waals surface area contributed by atoms with Crippen molar-refractivity contribution >= 4 is 0 Å². The van der Waals surface area contributed by atoms with E-state index in [0.29, 0.717) is 12.8 Å². The molecule has 0 bridgehead atoms. The molecule has 0 aromatic heterocycles. The predicted molar refractivity (Wildman–Crippen MR) is 208 cm³/mol. The summed E-state index contributed by atoms with van der Waals surface area (Å²) in [6, 6.07) is 0. The van der Waals surface area contributed by atoms with E-state index >= 15 is 0 Å². The molecule has 8 heteroatoms. The van der Waals surface area contributed by atoms with E-state index < -0.39 is 12.6 Å². The van der Waals surface area contributed by atoms with Crippen molar-refractivity contribution < 1.29 is 39.2 Å². The zero-order chi connectivity index (χ0) is 37.5. The summed E-state index contributed by atoms with van der Waals surface area (Å²) in [5.41, 5.74) is 0. The highest BCUT2D eigenvalue weighted by Gasteiger charge is 2.17. The Bertz CT molecular complexity index is 569. The molecular weight excluding hydrogens is 632 g/mol. The van der Waals surface area contributed by atoms with Gasteiger partial charge in [0.2, 0.25) is 0 Å². The molecule has 50 heavy (non-hydrogen) atoms. The van der Waals surface area contributed by atoms with Gasteiger partial charge in [-0.15, -0.1) is 0 Å². The fourth-order valence-electron chi connectivity index (χ4n) is 5.61. The van der Waals surface area contributed by atoms with Gasteiger partial charge in [-0.2, -0.15) is 0 Å². The first-order chi connectivity index (χ1) is 24.2. The molecule has 0 spiro atoms. The lowest BCUT2D eigenvalue weighted by Crippen LogP contribution is -2.24. The summed E-state index contributed by atoms with van der Waals surface area (Å²) in [7, 11) is 0. The van der Waals surface area contributed by atoms with E-state index in [0.717, 1.165) is 51.4 Å². The second kappa shape index (κ2) is 41.4. The third-order valence-corrected chi connectivity index (χ3v) is 8.59. The Balaban J connectivity index is 0. The van der Waals surface area contributed by atoms with Gasteiger partial charge in [0.15, 0.2) is 25.2 Å². The van der Waals surface area contributed by atoms with Crippen molar-refractivity contribution in [2.45, 2.75) is 273 Å². The highest BCUT2D eigenvalue weighted by atomic mass is 17.2. The van der Waals surface area contributed by atoms with Gasteiger partial charge >= 0.3 is 0 Å². The van der Waals surface area contributed by atoms with E-state index in [4.69, 9.17) is 29.0 Å². The van der Waals surface area contributed by atoms with Crippen molar-refractivity contribution in [3.8, 4) is 0 Å². The number of unbranched alkanes of at least 4 members (excludes halogenated alkanes) is 20. The molecule has 0 fully saturated rings. The van der Waals surface area contributed by atoms with E-state index in [1.165, 1.54) is 116 Å². The number of rotatable bonds is 38. The van der Waals surface area contributed by atoms with Gasteiger partial charge in [-0.05, 0) is 53.4 Å². The minimum atomic E-state index is -0.853. The van der Waals surface area contributed by atoms with Gasteiger partial charge in [0.25, 0.3) is 0 Å². The van der Waals surface area contributed by atoms with Crippen LogP contribution in [-0.4, -0.2) is 47.6 Å². The van der Waals surface area contributed by atoms with Gasteiger partial charge in [-0.3, -0.25) is 0 Å². The highest BCUT2D eigenvalue weighted by molar-refractivity contribution is 4.53. The zero-order valence-corrected chi connectivity index (χ0v) is 34.6. The maximum absolute atomic E-state index is 9.90. The van der Waals surface area contributed by atoms with E-state index in [1.807, 2.05) is 27.7 Å². The van der Waals surface area contributed by atoms with Crippen molar-refractivity contribution in [2.24, 2.45) is 0 Å². The number of aliphatic hydroxyl groups excluding tert-OH is 2. The molecule has 0 radical (unpaired) electrons. The summed E-state index contributed by atoms with van der Waals surface area (Å²) in [5, 5.41) is 19.8.